The number of piperazine rings is 1. The summed E-state index contributed by atoms with van der Waals surface area (Å²) in [5.41, 5.74) is 4.01. The fourth-order valence-electron chi connectivity index (χ4n) is 3.23. The van der Waals surface area contributed by atoms with Gasteiger partial charge in [0.1, 0.15) is 5.82 Å². The Bertz CT molecular complexity index is 848. The van der Waals surface area contributed by atoms with Crippen LogP contribution in [0.2, 0.25) is 0 Å². The molecule has 7 heteroatoms. The number of anilines is 2. The molecule has 0 spiro atoms. The molecule has 28 heavy (non-hydrogen) atoms. The number of carbonyl (C=O) groups is 1. The Balaban J connectivity index is 1.46. The average Bonchev–Trinajstić information content (AvgIpc) is 2.67. The Morgan fingerprint density at radius 2 is 1.79 bits per heavy atom. The number of benzene rings is 2. The fourth-order valence-corrected chi connectivity index (χ4v) is 3.53. The first kappa shape index (κ1) is 20.2. The quantitative estimate of drug-likeness (QED) is 0.686. The zero-order chi connectivity index (χ0) is 20.1. The molecule has 1 aliphatic rings. The van der Waals surface area contributed by atoms with Crippen LogP contribution in [0, 0.1) is 19.7 Å². The maximum Gasteiger partial charge on any atom is 0.279 e. The van der Waals surface area contributed by atoms with Crippen LogP contribution < -0.4 is 15.5 Å². The minimum Gasteiger partial charge on any atom is -0.338 e. The number of halogens is 1. The monoisotopic (exact) mass is 401 g/mol. The Morgan fingerprint density at radius 1 is 1.11 bits per heavy atom. The first-order valence-corrected chi connectivity index (χ1v) is 9.84. The SMILES string of the molecule is Cc1ccc(C)c(NC(=S)N2CC[NH+](CC(=O)Nc3ccc(F)cc3)CC2)c1. The Morgan fingerprint density at radius 3 is 2.46 bits per heavy atom. The van der Waals surface area contributed by atoms with Crippen LogP contribution in [-0.2, 0) is 4.79 Å². The number of quaternary nitrogens is 1. The van der Waals surface area contributed by atoms with E-state index >= 15 is 0 Å². The molecule has 0 aliphatic carbocycles. The van der Waals surface area contributed by atoms with Crippen LogP contribution in [0.5, 0.6) is 0 Å². The number of thiocarbonyl (C=S) groups is 1. The molecule has 3 N–H and O–H groups in total. The molecule has 148 valence electrons. The van der Waals surface area contributed by atoms with E-state index < -0.39 is 0 Å². The maximum atomic E-state index is 12.9. The summed E-state index contributed by atoms with van der Waals surface area (Å²) in [4.78, 5) is 15.6. The topological polar surface area (TPSA) is 48.8 Å². The molecule has 0 radical (unpaired) electrons. The van der Waals surface area contributed by atoms with Crippen molar-refractivity contribution in [3.05, 3.63) is 59.4 Å². The van der Waals surface area contributed by atoms with Crippen molar-refractivity contribution < 1.29 is 14.1 Å². The summed E-state index contributed by atoms with van der Waals surface area (Å²) in [5.74, 6) is -0.378. The van der Waals surface area contributed by atoms with Gasteiger partial charge in [-0.3, -0.25) is 4.79 Å². The third-order valence-corrected chi connectivity index (χ3v) is 5.29. The van der Waals surface area contributed by atoms with Gasteiger partial charge in [-0.15, -0.1) is 0 Å². The lowest BCUT2D eigenvalue weighted by Crippen LogP contribution is -3.15. The van der Waals surface area contributed by atoms with Crippen LogP contribution in [0.3, 0.4) is 0 Å². The standard InChI is InChI=1S/C21H25FN4OS/c1-15-3-4-16(2)19(13-15)24-21(28)26-11-9-25(10-12-26)14-20(27)23-18-7-5-17(22)6-8-18/h3-8,13H,9-12,14H2,1-2H3,(H,23,27)(H,24,28)/p+1. The molecule has 0 unspecified atom stereocenters. The van der Waals surface area contributed by atoms with Crippen molar-refractivity contribution in [2.45, 2.75) is 13.8 Å². The van der Waals surface area contributed by atoms with Gasteiger partial charge in [0.2, 0.25) is 0 Å². The van der Waals surface area contributed by atoms with Crippen molar-refractivity contribution in [1.82, 2.24) is 4.90 Å². The number of aryl methyl sites for hydroxylation is 2. The van der Waals surface area contributed by atoms with Crippen LogP contribution in [-0.4, -0.2) is 48.6 Å². The maximum absolute atomic E-state index is 12.9. The molecule has 0 bridgehead atoms. The second-order valence-corrected chi connectivity index (χ2v) is 7.60. The zero-order valence-electron chi connectivity index (χ0n) is 16.2. The second-order valence-electron chi connectivity index (χ2n) is 7.22. The zero-order valence-corrected chi connectivity index (χ0v) is 17.0. The highest BCUT2D eigenvalue weighted by Crippen LogP contribution is 2.17. The normalized spacial score (nSPS) is 14.6. The molecule has 1 amide bonds. The number of nitrogens with one attached hydrogen (secondary N) is 3. The van der Waals surface area contributed by atoms with E-state index in [0.29, 0.717) is 12.2 Å². The van der Waals surface area contributed by atoms with Gasteiger partial charge in [-0.1, -0.05) is 12.1 Å². The van der Waals surface area contributed by atoms with Crippen molar-refractivity contribution in [2.24, 2.45) is 0 Å². The molecule has 3 rings (SSSR count). The molecular weight excluding hydrogens is 375 g/mol. The average molecular weight is 402 g/mol. The molecule has 1 aliphatic heterocycles. The smallest absolute Gasteiger partial charge is 0.279 e. The summed E-state index contributed by atoms with van der Waals surface area (Å²) in [6.45, 7) is 7.80. The molecule has 1 heterocycles. The lowest BCUT2D eigenvalue weighted by molar-refractivity contribution is -0.895. The van der Waals surface area contributed by atoms with Crippen molar-refractivity contribution in [3.8, 4) is 0 Å². The summed E-state index contributed by atoms with van der Waals surface area (Å²) in [6, 6.07) is 12.1. The highest BCUT2D eigenvalue weighted by atomic mass is 32.1. The predicted molar refractivity (Wildman–Crippen MR) is 114 cm³/mol. The van der Waals surface area contributed by atoms with E-state index in [0.717, 1.165) is 42.5 Å². The summed E-state index contributed by atoms with van der Waals surface area (Å²) in [6.07, 6.45) is 0. The summed E-state index contributed by atoms with van der Waals surface area (Å²) in [7, 11) is 0. The van der Waals surface area contributed by atoms with Gasteiger partial charge in [-0.2, -0.15) is 0 Å². The van der Waals surface area contributed by atoms with Gasteiger partial charge in [0.05, 0.1) is 26.2 Å². The van der Waals surface area contributed by atoms with E-state index in [9.17, 15) is 9.18 Å². The number of carbonyl (C=O) groups excluding carboxylic acids is 1. The minimum absolute atomic E-state index is 0.0638. The molecule has 1 saturated heterocycles. The van der Waals surface area contributed by atoms with E-state index in [1.54, 1.807) is 12.1 Å². The summed E-state index contributed by atoms with van der Waals surface area (Å²) >= 11 is 5.58. The minimum atomic E-state index is -0.315. The third-order valence-electron chi connectivity index (χ3n) is 4.93. The van der Waals surface area contributed by atoms with Gasteiger partial charge < -0.3 is 20.4 Å². The van der Waals surface area contributed by atoms with Crippen LogP contribution in [0.25, 0.3) is 0 Å². The molecule has 2 aromatic carbocycles. The first-order valence-electron chi connectivity index (χ1n) is 9.43. The number of nitrogens with zero attached hydrogens (tertiary/aromatic N) is 1. The second kappa shape index (κ2) is 9.12. The van der Waals surface area contributed by atoms with Crippen LogP contribution in [0.1, 0.15) is 11.1 Å². The molecule has 1 fully saturated rings. The van der Waals surface area contributed by atoms with Crippen LogP contribution >= 0.6 is 12.2 Å². The van der Waals surface area contributed by atoms with Gasteiger partial charge >= 0.3 is 0 Å². The molecule has 0 aromatic heterocycles. The highest BCUT2D eigenvalue weighted by Gasteiger charge is 2.24. The Hall–Kier alpha value is -2.51. The Labute approximate surface area is 170 Å². The number of rotatable bonds is 4. The van der Waals surface area contributed by atoms with E-state index in [1.807, 2.05) is 0 Å². The van der Waals surface area contributed by atoms with Gasteiger partial charge in [0, 0.05) is 11.4 Å². The van der Waals surface area contributed by atoms with E-state index in [-0.39, 0.29) is 11.7 Å². The molecule has 5 nitrogen and oxygen atoms in total. The summed E-state index contributed by atoms with van der Waals surface area (Å²) in [5, 5.41) is 6.89. The number of amides is 1. The first-order chi connectivity index (χ1) is 13.4. The van der Waals surface area contributed by atoms with Crippen molar-refractivity contribution in [1.29, 1.82) is 0 Å². The molecule has 0 saturated carbocycles. The van der Waals surface area contributed by atoms with Crippen molar-refractivity contribution in [3.63, 3.8) is 0 Å². The largest absolute Gasteiger partial charge is 0.338 e. The number of hydrogen-bond donors (Lipinski definition) is 3. The molecule has 2 aromatic rings. The van der Waals surface area contributed by atoms with E-state index in [1.165, 1.54) is 22.6 Å². The summed E-state index contributed by atoms with van der Waals surface area (Å²) < 4.78 is 12.9. The number of hydrogen-bond acceptors (Lipinski definition) is 2. The van der Waals surface area contributed by atoms with Gasteiger partial charge in [-0.05, 0) is 67.5 Å². The van der Waals surface area contributed by atoms with Crippen molar-refractivity contribution in [2.75, 3.05) is 43.4 Å². The lowest BCUT2D eigenvalue weighted by Gasteiger charge is -2.33. The van der Waals surface area contributed by atoms with Gasteiger partial charge in [-0.25, -0.2) is 4.39 Å². The lowest BCUT2D eigenvalue weighted by atomic mass is 10.1. The van der Waals surface area contributed by atoms with Crippen LogP contribution in [0.4, 0.5) is 15.8 Å². The highest BCUT2D eigenvalue weighted by molar-refractivity contribution is 7.80. The third kappa shape index (κ3) is 5.50. The van der Waals surface area contributed by atoms with Gasteiger partial charge in [0.15, 0.2) is 11.7 Å². The van der Waals surface area contributed by atoms with E-state index in [2.05, 4.69) is 47.6 Å². The Kier molecular flexibility index (Phi) is 6.59. The van der Waals surface area contributed by atoms with Crippen molar-refractivity contribution >= 4 is 34.6 Å². The molecule has 0 atom stereocenters. The fraction of sp³-hybridized carbons (Fsp3) is 0.333. The van der Waals surface area contributed by atoms with Gasteiger partial charge in [0.25, 0.3) is 5.91 Å². The van der Waals surface area contributed by atoms with E-state index in [4.69, 9.17) is 12.2 Å². The van der Waals surface area contributed by atoms with Crippen LogP contribution in [0.15, 0.2) is 42.5 Å². The molecular formula is C21H26FN4OS+. The predicted octanol–water partition coefficient (Wildman–Crippen LogP) is 1.98.